The lowest BCUT2D eigenvalue weighted by molar-refractivity contribution is 0.369. The summed E-state index contributed by atoms with van der Waals surface area (Å²) >= 11 is 7.85. The normalized spacial score (nSPS) is 14.4. The van der Waals surface area contributed by atoms with Crippen LogP contribution >= 0.6 is 23.4 Å². The van der Waals surface area contributed by atoms with Crippen LogP contribution in [0.1, 0.15) is 35.4 Å². The number of fused-ring (bicyclic) bond motifs is 1. The van der Waals surface area contributed by atoms with Crippen LogP contribution in [0.3, 0.4) is 0 Å². The quantitative estimate of drug-likeness (QED) is 0.821. The molecule has 2 nitrogen and oxygen atoms in total. The van der Waals surface area contributed by atoms with Gasteiger partial charge >= 0.3 is 0 Å². The van der Waals surface area contributed by atoms with Crippen molar-refractivity contribution in [1.29, 1.82) is 0 Å². The van der Waals surface area contributed by atoms with Gasteiger partial charge in [0.25, 0.3) is 0 Å². The molecule has 1 aromatic carbocycles. The molecule has 0 saturated carbocycles. The largest absolute Gasteiger partial charge is 0.361 e. The fraction of sp³-hybridized carbons (Fsp3) is 0.400. The molecule has 0 spiro atoms. The van der Waals surface area contributed by atoms with E-state index in [2.05, 4.69) is 11.2 Å². The second kappa shape index (κ2) is 6.02. The van der Waals surface area contributed by atoms with Gasteiger partial charge < -0.3 is 4.52 Å². The molecule has 3 rings (SSSR count). The second-order valence-electron chi connectivity index (χ2n) is 4.86. The number of aryl methyl sites for hydroxylation is 1. The third kappa shape index (κ3) is 3.15. The predicted molar refractivity (Wildman–Crippen MR) is 79.6 cm³/mol. The molecule has 0 amide bonds. The van der Waals surface area contributed by atoms with Crippen LogP contribution in [0.15, 0.2) is 28.8 Å². The number of rotatable bonds is 4. The van der Waals surface area contributed by atoms with E-state index in [0.29, 0.717) is 0 Å². The molecule has 4 heteroatoms. The zero-order valence-electron chi connectivity index (χ0n) is 10.7. The van der Waals surface area contributed by atoms with Crippen LogP contribution in [0.2, 0.25) is 5.02 Å². The number of hydrogen-bond donors (Lipinski definition) is 0. The Morgan fingerprint density at radius 1 is 1.21 bits per heavy atom. The third-order valence-electron chi connectivity index (χ3n) is 3.43. The minimum atomic E-state index is 0.803. The molecule has 2 aromatic rings. The highest BCUT2D eigenvalue weighted by Crippen LogP contribution is 2.28. The average molecular weight is 294 g/mol. The highest BCUT2D eigenvalue weighted by atomic mass is 35.5. The lowest BCUT2D eigenvalue weighted by Crippen LogP contribution is -2.01. The van der Waals surface area contributed by atoms with Crippen molar-refractivity contribution in [3.8, 4) is 0 Å². The molecular formula is C15H16ClNOS. The molecule has 1 heterocycles. The Labute approximate surface area is 122 Å². The Bertz CT molecular complexity index is 567. The van der Waals surface area contributed by atoms with Crippen molar-refractivity contribution in [3.63, 3.8) is 0 Å². The van der Waals surface area contributed by atoms with Gasteiger partial charge in [0.2, 0.25) is 0 Å². The Kier molecular flexibility index (Phi) is 4.14. The molecule has 0 radical (unpaired) electrons. The van der Waals surface area contributed by atoms with Crippen LogP contribution in [-0.4, -0.2) is 5.16 Å². The summed E-state index contributed by atoms with van der Waals surface area (Å²) in [5.74, 6) is 3.00. The molecule has 0 N–H and O–H groups in total. The minimum absolute atomic E-state index is 0.803. The molecule has 19 heavy (non-hydrogen) atoms. The molecule has 1 aromatic heterocycles. The van der Waals surface area contributed by atoms with E-state index in [4.69, 9.17) is 16.1 Å². The number of thioether (sulfide) groups is 1. The molecule has 0 unspecified atom stereocenters. The van der Waals surface area contributed by atoms with E-state index in [9.17, 15) is 0 Å². The van der Waals surface area contributed by atoms with Gasteiger partial charge in [-0.25, -0.2) is 0 Å². The summed E-state index contributed by atoms with van der Waals surface area (Å²) in [5.41, 5.74) is 3.77. The molecule has 0 bridgehead atoms. The van der Waals surface area contributed by atoms with Gasteiger partial charge in [0.05, 0.1) is 5.69 Å². The zero-order chi connectivity index (χ0) is 13.1. The maximum Gasteiger partial charge on any atom is 0.140 e. The van der Waals surface area contributed by atoms with E-state index in [-0.39, 0.29) is 0 Å². The molecular weight excluding hydrogens is 278 g/mol. The van der Waals surface area contributed by atoms with Crippen LogP contribution in [-0.2, 0) is 24.3 Å². The molecule has 0 fully saturated rings. The summed E-state index contributed by atoms with van der Waals surface area (Å²) in [6, 6.07) is 8.03. The molecule has 100 valence electrons. The zero-order valence-corrected chi connectivity index (χ0v) is 12.3. The van der Waals surface area contributed by atoms with Gasteiger partial charge in [-0.1, -0.05) is 28.9 Å². The number of halogens is 1. The van der Waals surface area contributed by atoms with Crippen molar-refractivity contribution >= 4 is 23.4 Å². The number of nitrogens with zero attached hydrogens (tertiary/aromatic N) is 1. The summed E-state index contributed by atoms with van der Waals surface area (Å²) in [6.45, 7) is 0. The van der Waals surface area contributed by atoms with E-state index in [0.717, 1.165) is 40.8 Å². The standard InChI is InChI=1S/C15H16ClNOS/c16-12-5-3-4-11(8-12)9-19-10-14-13-6-1-2-7-15(13)18-17-14/h3-5,8H,1-2,6-7,9-10H2. The van der Waals surface area contributed by atoms with Gasteiger partial charge in [-0.2, -0.15) is 11.8 Å². The van der Waals surface area contributed by atoms with E-state index >= 15 is 0 Å². The Morgan fingerprint density at radius 2 is 2.11 bits per heavy atom. The van der Waals surface area contributed by atoms with Crippen molar-refractivity contribution in [2.45, 2.75) is 37.2 Å². The molecule has 0 atom stereocenters. The smallest absolute Gasteiger partial charge is 0.140 e. The molecule has 0 saturated heterocycles. The number of aromatic nitrogens is 1. The monoisotopic (exact) mass is 293 g/mol. The first-order chi connectivity index (χ1) is 9.33. The average Bonchev–Trinajstić information content (AvgIpc) is 2.83. The molecule has 1 aliphatic carbocycles. The molecule has 1 aliphatic rings. The van der Waals surface area contributed by atoms with Crippen molar-refractivity contribution < 1.29 is 4.52 Å². The van der Waals surface area contributed by atoms with E-state index < -0.39 is 0 Å². The minimum Gasteiger partial charge on any atom is -0.361 e. The fourth-order valence-electron chi connectivity index (χ4n) is 2.45. The lowest BCUT2D eigenvalue weighted by Gasteiger charge is -2.09. The highest BCUT2D eigenvalue weighted by Gasteiger charge is 2.18. The van der Waals surface area contributed by atoms with Crippen molar-refractivity contribution in [2.75, 3.05) is 0 Å². The summed E-state index contributed by atoms with van der Waals surface area (Å²) in [4.78, 5) is 0. The van der Waals surface area contributed by atoms with Crippen molar-refractivity contribution in [1.82, 2.24) is 5.16 Å². The van der Waals surface area contributed by atoms with Crippen molar-refractivity contribution in [2.24, 2.45) is 0 Å². The van der Waals surface area contributed by atoms with E-state index in [1.807, 2.05) is 30.0 Å². The number of benzene rings is 1. The van der Waals surface area contributed by atoms with Crippen LogP contribution in [0.5, 0.6) is 0 Å². The van der Waals surface area contributed by atoms with Crippen LogP contribution in [0.25, 0.3) is 0 Å². The summed E-state index contributed by atoms with van der Waals surface area (Å²) in [6.07, 6.45) is 4.69. The maximum atomic E-state index is 5.98. The SMILES string of the molecule is Clc1cccc(CSCc2noc3c2CCCC3)c1. The van der Waals surface area contributed by atoms with E-state index in [1.54, 1.807) is 0 Å². The second-order valence-corrected chi connectivity index (χ2v) is 6.28. The Morgan fingerprint density at radius 3 is 3.00 bits per heavy atom. The van der Waals surface area contributed by atoms with Crippen molar-refractivity contribution in [3.05, 3.63) is 51.9 Å². The summed E-state index contributed by atoms with van der Waals surface area (Å²) < 4.78 is 5.42. The first-order valence-electron chi connectivity index (χ1n) is 6.61. The molecule has 0 aliphatic heterocycles. The lowest BCUT2D eigenvalue weighted by atomic mass is 9.97. The topological polar surface area (TPSA) is 26.0 Å². The fourth-order valence-corrected chi connectivity index (χ4v) is 3.61. The van der Waals surface area contributed by atoms with Gasteiger partial charge in [-0.3, -0.25) is 0 Å². The van der Waals surface area contributed by atoms with Gasteiger partial charge in [0.1, 0.15) is 5.76 Å². The maximum absolute atomic E-state index is 5.98. The first kappa shape index (κ1) is 13.1. The van der Waals surface area contributed by atoms with Gasteiger partial charge in [0, 0.05) is 28.5 Å². The highest BCUT2D eigenvalue weighted by molar-refractivity contribution is 7.97. The van der Waals surface area contributed by atoms with Gasteiger partial charge in [0.15, 0.2) is 0 Å². The van der Waals surface area contributed by atoms with Gasteiger partial charge in [-0.15, -0.1) is 0 Å². The van der Waals surface area contributed by atoms with Crippen LogP contribution in [0.4, 0.5) is 0 Å². The number of hydrogen-bond acceptors (Lipinski definition) is 3. The predicted octanol–water partition coefficient (Wildman–Crippen LogP) is 4.64. The van der Waals surface area contributed by atoms with Crippen LogP contribution in [0, 0.1) is 0 Å². The Hall–Kier alpha value is -0.930. The van der Waals surface area contributed by atoms with Gasteiger partial charge in [-0.05, 0) is 37.0 Å². The van der Waals surface area contributed by atoms with Crippen LogP contribution < -0.4 is 0 Å². The summed E-state index contributed by atoms with van der Waals surface area (Å²) in [5, 5.41) is 5.03. The first-order valence-corrected chi connectivity index (χ1v) is 8.14. The summed E-state index contributed by atoms with van der Waals surface area (Å²) in [7, 11) is 0. The third-order valence-corrected chi connectivity index (χ3v) is 4.68. The Balaban J connectivity index is 1.59. The van der Waals surface area contributed by atoms with E-state index in [1.165, 1.54) is 24.0 Å².